The van der Waals surface area contributed by atoms with E-state index in [1.807, 2.05) is 6.92 Å². The van der Waals surface area contributed by atoms with Crippen LogP contribution >= 0.6 is 0 Å². The van der Waals surface area contributed by atoms with Crippen LogP contribution in [0.4, 0.5) is 13.2 Å². The van der Waals surface area contributed by atoms with Crippen molar-refractivity contribution in [2.45, 2.75) is 25.6 Å². The lowest BCUT2D eigenvalue weighted by atomic mass is 10.1. The number of methoxy groups -OCH3 is 1. The molecule has 29 heavy (non-hydrogen) atoms. The zero-order valence-corrected chi connectivity index (χ0v) is 16.3. The highest BCUT2D eigenvalue weighted by Crippen LogP contribution is 2.23. The summed E-state index contributed by atoms with van der Waals surface area (Å²) in [6.07, 6.45) is -0.311. The number of benzene rings is 2. The largest absolute Gasteiger partial charge is 0.494 e. The zero-order chi connectivity index (χ0) is 21.0. The summed E-state index contributed by atoms with van der Waals surface area (Å²) in [7, 11) is 1.41. The second kappa shape index (κ2) is 9.28. The Bertz CT molecular complexity index is 878. The van der Waals surface area contributed by atoms with Gasteiger partial charge < -0.3 is 19.7 Å². The predicted octanol–water partition coefficient (Wildman–Crippen LogP) is 3.19. The van der Waals surface area contributed by atoms with Gasteiger partial charge >= 0.3 is 0 Å². The van der Waals surface area contributed by atoms with Crippen molar-refractivity contribution >= 4 is 5.91 Å². The third-order valence-electron chi connectivity index (χ3n) is 4.92. The van der Waals surface area contributed by atoms with E-state index in [2.05, 4.69) is 5.32 Å². The molecular weight excluding hydrogens is 385 g/mol. The van der Waals surface area contributed by atoms with E-state index >= 15 is 0 Å². The summed E-state index contributed by atoms with van der Waals surface area (Å²) < 4.78 is 51.4. The number of nitrogens with one attached hydrogen (secondary N) is 1. The SMILES string of the molecule is COc1cc([C@@H](C)NCC2CN(Cc3cc(F)ccc3F)C(=O)CO2)ccc1F. The van der Waals surface area contributed by atoms with E-state index in [1.54, 1.807) is 12.1 Å². The molecule has 0 aliphatic carbocycles. The minimum atomic E-state index is -0.556. The van der Waals surface area contributed by atoms with Crippen LogP contribution in [-0.2, 0) is 16.1 Å². The molecule has 1 aliphatic heterocycles. The molecule has 1 fully saturated rings. The molecule has 2 atom stereocenters. The Morgan fingerprint density at radius 2 is 1.97 bits per heavy atom. The van der Waals surface area contributed by atoms with Gasteiger partial charge in [0.1, 0.15) is 18.2 Å². The van der Waals surface area contributed by atoms with Crippen molar-refractivity contribution in [1.82, 2.24) is 10.2 Å². The third kappa shape index (κ3) is 5.27. The van der Waals surface area contributed by atoms with Crippen LogP contribution in [0.2, 0.25) is 0 Å². The number of hydrogen-bond donors (Lipinski definition) is 1. The van der Waals surface area contributed by atoms with Gasteiger partial charge in [-0.3, -0.25) is 4.79 Å². The van der Waals surface area contributed by atoms with Crippen LogP contribution in [0.5, 0.6) is 5.75 Å². The van der Waals surface area contributed by atoms with Gasteiger partial charge in [-0.15, -0.1) is 0 Å². The highest BCUT2D eigenvalue weighted by molar-refractivity contribution is 5.78. The summed E-state index contributed by atoms with van der Waals surface area (Å²) in [5, 5.41) is 3.28. The van der Waals surface area contributed by atoms with Crippen molar-refractivity contribution in [3.8, 4) is 5.75 Å². The Kier molecular flexibility index (Phi) is 6.76. The summed E-state index contributed by atoms with van der Waals surface area (Å²) >= 11 is 0. The Labute approximate surface area is 167 Å². The van der Waals surface area contributed by atoms with E-state index in [0.29, 0.717) is 6.54 Å². The van der Waals surface area contributed by atoms with Gasteiger partial charge in [0.05, 0.1) is 13.2 Å². The Hall–Kier alpha value is -2.58. The third-order valence-corrected chi connectivity index (χ3v) is 4.92. The molecule has 1 saturated heterocycles. The van der Waals surface area contributed by atoms with Gasteiger partial charge in [0.2, 0.25) is 5.91 Å². The molecule has 0 aromatic heterocycles. The van der Waals surface area contributed by atoms with Crippen molar-refractivity contribution < 1.29 is 27.4 Å². The van der Waals surface area contributed by atoms with Crippen LogP contribution in [0.3, 0.4) is 0 Å². The molecule has 0 radical (unpaired) electrons. The molecule has 0 bridgehead atoms. The quantitative estimate of drug-likeness (QED) is 0.765. The van der Waals surface area contributed by atoms with Gasteiger partial charge in [-0.1, -0.05) is 6.07 Å². The summed E-state index contributed by atoms with van der Waals surface area (Å²) in [5.41, 5.74) is 0.965. The highest BCUT2D eigenvalue weighted by atomic mass is 19.1. The molecule has 0 saturated carbocycles. The molecule has 2 aromatic rings. The summed E-state index contributed by atoms with van der Waals surface area (Å²) in [6.45, 7) is 2.45. The van der Waals surface area contributed by atoms with E-state index in [0.717, 1.165) is 23.8 Å². The highest BCUT2D eigenvalue weighted by Gasteiger charge is 2.27. The van der Waals surface area contributed by atoms with Gasteiger partial charge in [-0.05, 0) is 42.8 Å². The second-order valence-electron chi connectivity index (χ2n) is 6.97. The van der Waals surface area contributed by atoms with Gasteiger partial charge in [-0.2, -0.15) is 0 Å². The normalized spacial score (nSPS) is 18.0. The number of ether oxygens (including phenoxy) is 2. The van der Waals surface area contributed by atoms with Crippen LogP contribution in [0.15, 0.2) is 36.4 Å². The van der Waals surface area contributed by atoms with Crippen molar-refractivity contribution in [2.75, 3.05) is 26.8 Å². The summed E-state index contributed by atoms with van der Waals surface area (Å²) in [4.78, 5) is 13.6. The molecule has 2 aromatic carbocycles. The average Bonchev–Trinajstić information content (AvgIpc) is 2.71. The number of morpholine rings is 1. The second-order valence-corrected chi connectivity index (χ2v) is 6.97. The number of halogens is 3. The van der Waals surface area contributed by atoms with Gasteiger partial charge in [0.25, 0.3) is 0 Å². The number of nitrogens with zero attached hydrogens (tertiary/aromatic N) is 1. The molecule has 1 aliphatic rings. The maximum absolute atomic E-state index is 13.9. The maximum atomic E-state index is 13.9. The first-order valence-electron chi connectivity index (χ1n) is 9.27. The van der Waals surface area contributed by atoms with E-state index in [-0.39, 0.29) is 49.1 Å². The fourth-order valence-corrected chi connectivity index (χ4v) is 3.20. The van der Waals surface area contributed by atoms with Gasteiger partial charge in [-0.25, -0.2) is 13.2 Å². The molecule has 1 amide bonds. The number of amides is 1. The first-order valence-corrected chi connectivity index (χ1v) is 9.27. The Morgan fingerprint density at radius 3 is 2.72 bits per heavy atom. The van der Waals surface area contributed by atoms with E-state index in [1.165, 1.54) is 18.1 Å². The van der Waals surface area contributed by atoms with Crippen LogP contribution in [0.1, 0.15) is 24.1 Å². The lowest BCUT2D eigenvalue weighted by Crippen LogP contribution is -2.49. The zero-order valence-electron chi connectivity index (χ0n) is 16.3. The minimum absolute atomic E-state index is 0.0208. The van der Waals surface area contributed by atoms with Crippen LogP contribution in [0.25, 0.3) is 0 Å². The topological polar surface area (TPSA) is 50.8 Å². The monoisotopic (exact) mass is 408 g/mol. The molecule has 1 unspecified atom stereocenters. The first kappa shape index (κ1) is 21.1. The molecule has 5 nitrogen and oxygen atoms in total. The average molecular weight is 408 g/mol. The fraction of sp³-hybridized carbons (Fsp3) is 0.381. The summed E-state index contributed by atoms with van der Waals surface area (Å²) in [5.74, 6) is -1.65. The van der Waals surface area contributed by atoms with Crippen molar-refractivity contribution in [1.29, 1.82) is 0 Å². The lowest BCUT2D eigenvalue weighted by molar-refractivity contribution is -0.149. The number of carbonyl (C=O) groups is 1. The number of rotatable bonds is 7. The molecule has 156 valence electrons. The van der Waals surface area contributed by atoms with Crippen molar-refractivity contribution in [3.05, 3.63) is 65.0 Å². The number of hydrogen-bond acceptors (Lipinski definition) is 4. The molecule has 3 rings (SSSR count). The maximum Gasteiger partial charge on any atom is 0.248 e. The van der Waals surface area contributed by atoms with Gasteiger partial charge in [0, 0.05) is 31.2 Å². The predicted molar refractivity (Wildman–Crippen MR) is 101 cm³/mol. The minimum Gasteiger partial charge on any atom is -0.494 e. The fourth-order valence-electron chi connectivity index (χ4n) is 3.20. The van der Waals surface area contributed by atoms with E-state index in [4.69, 9.17) is 9.47 Å². The number of carbonyl (C=O) groups excluding carboxylic acids is 1. The lowest BCUT2D eigenvalue weighted by Gasteiger charge is -2.33. The van der Waals surface area contributed by atoms with Crippen molar-refractivity contribution in [2.24, 2.45) is 0 Å². The molecule has 1 N–H and O–H groups in total. The van der Waals surface area contributed by atoms with Crippen LogP contribution in [0, 0.1) is 17.5 Å². The van der Waals surface area contributed by atoms with Crippen molar-refractivity contribution in [3.63, 3.8) is 0 Å². The Morgan fingerprint density at radius 1 is 1.21 bits per heavy atom. The molecule has 0 spiro atoms. The van der Waals surface area contributed by atoms with E-state index < -0.39 is 17.5 Å². The standard InChI is InChI=1S/C21H23F3N2O3/c1-13(14-3-5-19(24)20(8-14)28-2)25-9-17-11-26(21(27)12-29-17)10-15-7-16(22)4-6-18(15)23/h3-8,13,17,25H,9-12H2,1-2H3/t13-,17?/m1/s1. The van der Waals surface area contributed by atoms with E-state index in [9.17, 15) is 18.0 Å². The molecule has 1 heterocycles. The first-order chi connectivity index (χ1) is 13.9. The Balaban J connectivity index is 1.59. The van der Waals surface area contributed by atoms with Crippen LogP contribution in [-0.4, -0.2) is 43.7 Å². The van der Waals surface area contributed by atoms with Crippen LogP contribution < -0.4 is 10.1 Å². The molecule has 8 heteroatoms. The van der Waals surface area contributed by atoms with Gasteiger partial charge in [0.15, 0.2) is 11.6 Å². The molecular formula is C21H23F3N2O3. The smallest absolute Gasteiger partial charge is 0.248 e. The summed E-state index contributed by atoms with van der Waals surface area (Å²) in [6, 6.07) is 7.70.